The van der Waals surface area contributed by atoms with Gasteiger partial charge in [-0.1, -0.05) is 6.07 Å². The average Bonchev–Trinajstić information content (AvgIpc) is 3.67. The van der Waals surface area contributed by atoms with Crippen LogP contribution >= 0.6 is 22.7 Å². The minimum atomic E-state index is -0.414. The third-order valence-corrected chi connectivity index (χ3v) is 8.39. The summed E-state index contributed by atoms with van der Waals surface area (Å²) >= 11 is 3.10. The lowest BCUT2D eigenvalue weighted by Gasteiger charge is -2.17. The second kappa shape index (κ2) is 9.12. The smallest absolute Gasteiger partial charge is 0.275 e. The van der Waals surface area contributed by atoms with Crippen LogP contribution in [0.1, 0.15) is 18.9 Å². The molecule has 2 aliphatic rings. The fourth-order valence-electron chi connectivity index (χ4n) is 4.42. The molecule has 5 heterocycles. The zero-order chi connectivity index (χ0) is 24.8. The average molecular weight is 518 g/mol. The minimum Gasteiger partial charge on any atom is -0.489 e. The van der Waals surface area contributed by atoms with E-state index in [1.54, 1.807) is 18.3 Å². The van der Waals surface area contributed by atoms with Crippen molar-refractivity contribution in [3.63, 3.8) is 0 Å². The number of benzene rings is 1. The van der Waals surface area contributed by atoms with Gasteiger partial charge in [0.2, 0.25) is 0 Å². The van der Waals surface area contributed by atoms with Gasteiger partial charge in [-0.05, 0) is 73.7 Å². The molecular weight excluding hydrogens is 494 g/mol. The lowest BCUT2D eigenvalue weighted by molar-refractivity contribution is -0.135. The van der Waals surface area contributed by atoms with Gasteiger partial charge in [0, 0.05) is 23.1 Å². The second-order valence-electron chi connectivity index (χ2n) is 8.78. The van der Waals surface area contributed by atoms with Crippen LogP contribution in [0.2, 0.25) is 0 Å². The summed E-state index contributed by atoms with van der Waals surface area (Å²) in [7, 11) is 0. The predicted octanol–water partition coefficient (Wildman–Crippen LogP) is 4.78. The number of imide groups is 1. The molecule has 1 aromatic carbocycles. The van der Waals surface area contributed by atoms with Crippen molar-refractivity contribution in [2.75, 3.05) is 18.5 Å². The van der Waals surface area contributed by atoms with Crippen molar-refractivity contribution in [3.8, 4) is 26.9 Å². The Morgan fingerprint density at radius 1 is 1.14 bits per heavy atom. The van der Waals surface area contributed by atoms with E-state index in [0.717, 1.165) is 61.4 Å². The molecule has 4 aromatic rings. The van der Waals surface area contributed by atoms with Crippen molar-refractivity contribution in [2.24, 2.45) is 0 Å². The normalized spacial score (nSPS) is 17.8. The largest absolute Gasteiger partial charge is 0.489 e. The van der Waals surface area contributed by atoms with E-state index in [-0.39, 0.29) is 12.0 Å². The van der Waals surface area contributed by atoms with Gasteiger partial charge < -0.3 is 10.1 Å². The van der Waals surface area contributed by atoms with Crippen molar-refractivity contribution >= 4 is 50.5 Å². The fraction of sp³-hybridized carbons (Fsp3) is 0.231. The highest BCUT2D eigenvalue weighted by Gasteiger charge is 2.30. The van der Waals surface area contributed by atoms with Crippen LogP contribution in [0.5, 0.6) is 5.75 Å². The van der Waals surface area contributed by atoms with Gasteiger partial charge in [0.15, 0.2) is 11.6 Å². The van der Waals surface area contributed by atoms with E-state index in [2.05, 4.69) is 22.9 Å². The first-order chi connectivity index (χ1) is 17.5. The monoisotopic (exact) mass is 517 g/mol. The number of anilines is 1. The summed E-state index contributed by atoms with van der Waals surface area (Å²) in [5.74, 6) is 1.03. The van der Waals surface area contributed by atoms with Gasteiger partial charge in [-0.25, -0.2) is 9.97 Å². The number of carbonyl (C=O) groups excluding carboxylic acids is 2. The van der Waals surface area contributed by atoms with Gasteiger partial charge in [0.1, 0.15) is 16.7 Å². The molecule has 36 heavy (non-hydrogen) atoms. The van der Waals surface area contributed by atoms with Gasteiger partial charge in [0.25, 0.3) is 11.8 Å². The molecule has 1 atom stereocenters. The van der Waals surface area contributed by atoms with Gasteiger partial charge in [-0.2, -0.15) is 5.01 Å². The number of nitrogens with one attached hydrogen (secondary N) is 2. The summed E-state index contributed by atoms with van der Waals surface area (Å²) in [4.78, 5) is 37.3. The highest BCUT2D eigenvalue weighted by Crippen LogP contribution is 2.42. The molecule has 3 aromatic heterocycles. The number of amides is 2. The van der Waals surface area contributed by atoms with Gasteiger partial charge >= 0.3 is 0 Å². The SMILES string of the molecule is CC1=CC(=O)N(Nc2nc(-c3cccs3)nc3sc(-c4ccc(OC5CCNC5)cc4)c(C)c23)C1=O. The van der Waals surface area contributed by atoms with Crippen LogP contribution in [-0.4, -0.2) is 46.0 Å². The molecule has 2 aliphatic heterocycles. The van der Waals surface area contributed by atoms with Gasteiger partial charge in [-0.3, -0.25) is 15.0 Å². The maximum Gasteiger partial charge on any atom is 0.275 e. The van der Waals surface area contributed by atoms with Crippen LogP contribution in [0.15, 0.2) is 53.4 Å². The first kappa shape index (κ1) is 22.8. The standard InChI is InChI=1S/C26H23N5O3S2/c1-14-12-20(32)31(26(14)33)30-24-21-15(2)22(36-25(21)29-23(28-24)19-4-3-11-35-19)16-5-7-17(8-6-16)34-18-9-10-27-13-18/h3-8,11-12,18,27H,9-10,13H2,1-2H3,(H,28,29,30). The lowest BCUT2D eigenvalue weighted by atomic mass is 10.1. The van der Waals surface area contributed by atoms with E-state index in [9.17, 15) is 9.59 Å². The molecule has 10 heteroatoms. The van der Waals surface area contributed by atoms with E-state index in [4.69, 9.17) is 14.7 Å². The van der Waals surface area contributed by atoms with Crippen molar-refractivity contribution in [2.45, 2.75) is 26.4 Å². The number of nitrogens with zero attached hydrogens (tertiary/aromatic N) is 3. The molecule has 182 valence electrons. The van der Waals surface area contributed by atoms with E-state index in [0.29, 0.717) is 17.2 Å². The van der Waals surface area contributed by atoms with Crippen LogP contribution < -0.4 is 15.5 Å². The lowest BCUT2D eigenvalue weighted by Crippen LogP contribution is -2.36. The Bertz CT molecular complexity index is 1500. The summed E-state index contributed by atoms with van der Waals surface area (Å²) in [5, 5.41) is 7.08. The first-order valence-corrected chi connectivity index (χ1v) is 13.3. The molecule has 0 bridgehead atoms. The number of hydrogen-bond donors (Lipinski definition) is 2. The van der Waals surface area contributed by atoms with Crippen molar-refractivity contribution in [1.82, 2.24) is 20.3 Å². The van der Waals surface area contributed by atoms with Gasteiger partial charge in [0.05, 0.1) is 10.3 Å². The Morgan fingerprint density at radius 3 is 2.64 bits per heavy atom. The van der Waals surface area contributed by atoms with Crippen molar-refractivity contribution < 1.29 is 14.3 Å². The van der Waals surface area contributed by atoms with E-state index >= 15 is 0 Å². The van der Waals surface area contributed by atoms with Gasteiger partial charge in [-0.15, -0.1) is 22.7 Å². The Labute approximate surface area is 215 Å². The fourth-order valence-corrected chi connectivity index (χ4v) is 6.26. The zero-order valence-corrected chi connectivity index (χ0v) is 21.3. The summed E-state index contributed by atoms with van der Waals surface area (Å²) in [5.41, 5.74) is 5.39. The van der Waals surface area contributed by atoms with Crippen molar-refractivity contribution in [1.29, 1.82) is 0 Å². The number of thiophene rings is 2. The Balaban J connectivity index is 1.40. The summed E-state index contributed by atoms with van der Waals surface area (Å²) < 4.78 is 6.07. The number of hydrazine groups is 1. The molecule has 0 spiro atoms. The maximum absolute atomic E-state index is 12.6. The molecule has 2 amide bonds. The number of rotatable bonds is 6. The number of aromatic nitrogens is 2. The highest BCUT2D eigenvalue weighted by atomic mass is 32.1. The van der Waals surface area contributed by atoms with Crippen LogP contribution in [-0.2, 0) is 9.59 Å². The second-order valence-corrected chi connectivity index (χ2v) is 10.7. The summed E-state index contributed by atoms with van der Waals surface area (Å²) in [6.45, 7) is 5.49. The minimum absolute atomic E-state index is 0.204. The summed E-state index contributed by atoms with van der Waals surface area (Å²) in [6, 6.07) is 12.0. The Kier molecular flexibility index (Phi) is 5.79. The molecule has 8 nitrogen and oxygen atoms in total. The number of fused-ring (bicyclic) bond motifs is 1. The number of aryl methyl sites for hydroxylation is 1. The molecule has 0 saturated carbocycles. The van der Waals surface area contributed by atoms with Crippen LogP contribution in [0.4, 0.5) is 5.82 Å². The molecular formula is C26H23N5O3S2. The van der Waals surface area contributed by atoms with E-state index < -0.39 is 5.91 Å². The third kappa shape index (κ3) is 4.06. The Hall–Kier alpha value is -3.60. The number of ether oxygens (including phenoxy) is 1. The molecule has 1 saturated heterocycles. The molecule has 6 rings (SSSR count). The van der Waals surface area contributed by atoms with Crippen LogP contribution in [0.3, 0.4) is 0 Å². The first-order valence-electron chi connectivity index (χ1n) is 11.6. The summed E-state index contributed by atoms with van der Waals surface area (Å²) in [6.07, 6.45) is 2.54. The quantitative estimate of drug-likeness (QED) is 0.356. The zero-order valence-electron chi connectivity index (χ0n) is 19.7. The highest BCUT2D eigenvalue weighted by molar-refractivity contribution is 7.22. The Morgan fingerprint density at radius 2 is 1.97 bits per heavy atom. The van der Waals surface area contributed by atoms with Crippen molar-refractivity contribution in [3.05, 3.63) is 59.0 Å². The molecule has 2 N–H and O–H groups in total. The van der Waals surface area contributed by atoms with E-state index in [1.807, 2.05) is 36.6 Å². The predicted molar refractivity (Wildman–Crippen MR) is 142 cm³/mol. The van der Waals surface area contributed by atoms with Crippen LogP contribution in [0.25, 0.3) is 31.4 Å². The maximum atomic E-state index is 12.6. The number of hydrogen-bond acceptors (Lipinski definition) is 9. The third-order valence-electron chi connectivity index (χ3n) is 6.28. The number of carbonyl (C=O) groups is 2. The topological polar surface area (TPSA) is 96.5 Å². The van der Waals surface area contributed by atoms with E-state index in [1.165, 1.54) is 17.4 Å². The molecule has 0 radical (unpaired) electrons. The molecule has 1 unspecified atom stereocenters. The molecule has 0 aliphatic carbocycles. The molecule has 1 fully saturated rings. The van der Waals surface area contributed by atoms with Crippen LogP contribution in [0, 0.1) is 6.92 Å².